The van der Waals surface area contributed by atoms with Crippen LogP contribution in [0.3, 0.4) is 0 Å². The van der Waals surface area contributed by atoms with Crippen LogP contribution in [0.15, 0.2) is 23.1 Å². The molecule has 0 bridgehead atoms. The third-order valence-electron chi connectivity index (χ3n) is 4.60. The standard InChI is InChI=1S/C20H29N3O/c1-7-16-12-23(17(8-2)9-3)20(24)19(21-16)22-18-14(5)10-13(4)11-15(18)6/h10-12,17H,7-9H2,1-6H3,(H,21,22). The number of hydrogen-bond acceptors (Lipinski definition) is 3. The van der Waals surface area contributed by atoms with Gasteiger partial charge in [-0.2, -0.15) is 0 Å². The van der Waals surface area contributed by atoms with E-state index in [0.29, 0.717) is 5.82 Å². The first-order valence-corrected chi connectivity index (χ1v) is 8.88. The molecule has 1 N–H and O–H groups in total. The fourth-order valence-corrected chi connectivity index (χ4v) is 3.26. The summed E-state index contributed by atoms with van der Waals surface area (Å²) in [6.07, 6.45) is 4.60. The highest BCUT2D eigenvalue weighted by atomic mass is 16.1. The molecular formula is C20H29N3O. The molecule has 1 aromatic heterocycles. The molecule has 1 aromatic carbocycles. The predicted molar refractivity (Wildman–Crippen MR) is 101 cm³/mol. The highest BCUT2D eigenvalue weighted by Gasteiger charge is 2.15. The lowest BCUT2D eigenvalue weighted by Crippen LogP contribution is -2.28. The van der Waals surface area contributed by atoms with E-state index >= 15 is 0 Å². The van der Waals surface area contributed by atoms with Gasteiger partial charge in [0.2, 0.25) is 0 Å². The molecular weight excluding hydrogens is 298 g/mol. The highest BCUT2D eigenvalue weighted by Crippen LogP contribution is 2.24. The Bertz CT molecular complexity index is 750. The molecule has 1 heterocycles. The predicted octanol–water partition coefficient (Wildman–Crippen LogP) is 4.84. The van der Waals surface area contributed by atoms with E-state index in [2.05, 4.69) is 64.0 Å². The Labute approximate surface area is 144 Å². The second-order valence-corrected chi connectivity index (χ2v) is 6.52. The van der Waals surface area contributed by atoms with E-state index in [9.17, 15) is 4.79 Å². The van der Waals surface area contributed by atoms with Gasteiger partial charge in [-0.1, -0.05) is 38.5 Å². The molecule has 0 aliphatic heterocycles. The monoisotopic (exact) mass is 327 g/mol. The average Bonchev–Trinajstić information content (AvgIpc) is 2.54. The average molecular weight is 327 g/mol. The maximum atomic E-state index is 12.9. The van der Waals surface area contributed by atoms with Gasteiger partial charge in [-0.15, -0.1) is 0 Å². The Morgan fingerprint density at radius 1 is 1.08 bits per heavy atom. The Kier molecular flexibility index (Phi) is 5.81. The number of hydrogen-bond donors (Lipinski definition) is 1. The molecule has 130 valence electrons. The summed E-state index contributed by atoms with van der Waals surface area (Å²) in [5, 5.41) is 3.31. The molecule has 0 unspecified atom stereocenters. The van der Waals surface area contributed by atoms with Crippen molar-refractivity contribution in [3.63, 3.8) is 0 Å². The minimum absolute atomic E-state index is 0.0414. The van der Waals surface area contributed by atoms with Crippen molar-refractivity contribution in [2.24, 2.45) is 0 Å². The topological polar surface area (TPSA) is 46.9 Å². The summed E-state index contributed by atoms with van der Waals surface area (Å²) >= 11 is 0. The van der Waals surface area contributed by atoms with Gasteiger partial charge in [-0.25, -0.2) is 4.98 Å². The molecule has 2 rings (SSSR count). The van der Waals surface area contributed by atoms with Crippen molar-refractivity contribution in [1.82, 2.24) is 9.55 Å². The lowest BCUT2D eigenvalue weighted by atomic mass is 10.1. The molecule has 0 fully saturated rings. The molecule has 0 amide bonds. The summed E-state index contributed by atoms with van der Waals surface area (Å²) in [6, 6.07) is 4.46. The first-order chi connectivity index (χ1) is 11.4. The molecule has 0 spiro atoms. The van der Waals surface area contributed by atoms with Crippen LogP contribution in [0.25, 0.3) is 0 Å². The zero-order valence-electron chi connectivity index (χ0n) is 15.7. The molecule has 0 radical (unpaired) electrons. The van der Waals surface area contributed by atoms with Crippen molar-refractivity contribution in [3.05, 3.63) is 51.1 Å². The van der Waals surface area contributed by atoms with Gasteiger partial charge in [0.05, 0.1) is 5.69 Å². The molecule has 24 heavy (non-hydrogen) atoms. The molecule has 0 aliphatic rings. The van der Waals surface area contributed by atoms with E-state index in [1.807, 2.05) is 10.8 Å². The van der Waals surface area contributed by atoms with Crippen LogP contribution in [0, 0.1) is 20.8 Å². The van der Waals surface area contributed by atoms with Crippen LogP contribution in [0.1, 0.15) is 62.0 Å². The summed E-state index contributed by atoms with van der Waals surface area (Å²) in [5.41, 5.74) is 5.36. The summed E-state index contributed by atoms with van der Waals surface area (Å²) in [4.78, 5) is 17.5. The molecule has 0 aliphatic carbocycles. The van der Waals surface area contributed by atoms with E-state index in [-0.39, 0.29) is 11.6 Å². The number of aromatic nitrogens is 2. The lowest BCUT2D eigenvalue weighted by Gasteiger charge is -2.19. The number of nitrogens with zero attached hydrogens (tertiary/aromatic N) is 2. The van der Waals surface area contributed by atoms with Gasteiger partial charge in [-0.05, 0) is 51.2 Å². The van der Waals surface area contributed by atoms with Crippen LogP contribution >= 0.6 is 0 Å². The van der Waals surface area contributed by atoms with Crippen LogP contribution in [-0.2, 0) is 6.42 Å². The van der Waals surface area contributed by atoms with E-state index < -0.39 is 0 Å². The van der Waals surface area contributed by atoms with Crippen molar-refractivity contribution in [1.29, 1.82) is 0 Å². The molecule has 4 heteroatoms. The van der Waals surface area contributed by atoms with Crippen molar-refractivity contribution in [2.75, 3.05) is 5.32 Å². The lowest BCUT2D eigenvalue weighted by molar-refractivity contribution is 0.455. The van der Waals surface area contributed by atoms with Crippen LogP contribution in [-0.4, -0.2) is 9.55 Å². The summed E-state index contributed by atoms with van der Waals surface area (Å²) in [5.74, 6) is 0.427. The fourth-order valence-electron chi connectivity index (χ4n) is 3.26. The van der Waals surface area contributed by atoms with Gasteiger partial charge >= 0.3 is 0 Å². The van der Waals surface area contributed by atoms with Gasteiger partial charge < -0.3 is 9.88 Å². The number of rotatable bonds is 6. The van der Waals surface area contributed by atoms with Crippen molar-refractivity contribution >= 4 is 11.5 Å². The Morgan fingerprint density at radius 2 is 1.67 bits per heavy atom. The Balaban J connectivity index is 2.55. The number of benzene rings is 1. The smallest absolute Gasteiger partial charge is 0.293 e. The molecule has 2 aromatic rings. The molecule has 0 atom stereocenters. The van der Waals surface area contributed by atoms with Gasteiger partial charge in [-0.3, -0.25) is 4.79 Å². The third kappa shape index (κ3) is 3.69. The summed E-state index contributed by atoms with van der Waals surface area (Å²) in [6.45, 7) is 12.5. The quantitative estimate of drug-likeness (QED) is 0.826. The fraction of sp³-hybridized carbons (Fsp3) is 0.500. The maximum absolute atomic E-state index is 12.9. The van der Waals surface area contributed by atoms with Crippen LogP contribution in [0.4, 0.5) is 11.5 Å². The highest BCUT2D eigenvalue weighted by molar-refractivity contribution is 5.65. The van der Waals surface area contributed by atoms with E-state index in [0.717, 1.165) is 41.8 Å². The molecule has 0 saturated heterocycles. The number of aryl methyl sites for hydroxylation is 4. The number of nitrogens with one attached hydrogen (secondary N) is 1. The van der Waals surface area contributed by atoms with Crippen molar-refractivity contribution in [2.45, 2.75) is 66.8 Å². The minimum atomic E-state index is -0.0414. The Morgan fingerprint density at radius 3 is 2.17 bits per heavy atom. The largest absolute Gasteiger partial charge is 0.335 e. The second-order valence-electron chi connectivity index (χ2n) is 6.52. The van der Waals surface area contributed by atoms with Gasteiger partial charge in [0.1, 0.15) is 0 Å². The summed E-state index contributed by atoms with van der Waals surface area (Å²) in [7, 11) is 0. The van der Waals surface area contributed by atoms with Crippen LogP contribution in [0.2, 0.25) is 0 Å². The van der Waals surface area contributed by atoms with Crippen LogP contribution in [0.5, 0.6) is 0 Å². The maximum Gasteiger partial charge on any atom is 0.293 e. The normalized spacial score (nSPS) is 11.1. The zero-order chi connectivity index (χ0) is 17.9. The van der Waals surface area contributed by atoms with E-state index in [1.54, 1.807) is 0 Å². The summed E-state index contributed by atoms with van der Waals surface area (Å²) < 4.78 is 1.85. The van der Waals surface area contributed by atoms with Crippen LogP contribution < -0.4 is 10.9 Å². The number of anilines is 2. The third-order valence-corrected chi connectivity index (χ3v) is 4.60. The van der Waals surface area contributed by atoms with E-state index in [1.165, 1.54) is 5.56 Å². The first kappa shape index (κ1) is 18.2. The van der Waals surface area contributed by atoms with Crippen molar-refractivity contribution in [3.8, 4) is 0 Å². The minimum Gasteiger partial charge on any atom is -0.335 e. The first-order valence-electron chi connectivity index (χ1n) is 8.88. The zero-order valence-corrected chi connectivity index (χ0v) is 15.7. The van der Waals surface area contributed by atoms with Gasteiger partial charge in [0.25, 0.3) is 5.56 Å². The molecule has 4 nitrogen and oxygen atoms in total. The van der Waals surface area contributed by atoms with Crippen molar-refractivity contribution < 1.29 is 0 Å². The van der Waals surface area contributed by atoms with E-state index in [4.69, 9.17) is 0 Å². The second kappa shape index (κ2) is 7.65. The molecule has 0 saturated carbocycles. The van der Waals surface area contributed by atoms with Gasteiger partial charge in [0, 0.05) is 17.9 Å². The van der Waals surface area contributed by atoms with Gasteiger partial charge in [0.15, 0.2) is 5.82 Å². The SMILES string of the molecule is CCc1cn(C(CC)CC)c(=O)c(Nc2c(C)cc(C)cc2C)n1. The Hall–Kier alpha value is -2.10.